The summed E-state index contributed by atoms with van der Waals surface area (Å²) in [6.07, 6.45) is 3.81. The maximum Gasteiger partial charge on any atom is 0.246 e. The van der Waals surface area contributed by atoms with Crippen LogP contribution in [0, 0.1) is 0 Å². The van der Waals surface area contributed by atoms with Gasteiger partial charge < -0.3 is 9.47 Å². The van der Waals surface area contributed by atoms with E-state index in [0.29, 0.717) is 0 Å². The van der Waals surface area contributed by atoms with Crippen LogP contribution in [0.25, 0.3) is 0 Å². The van der Waals surface area contributed by atoms with Crippen molar-refractivity contribution in [3.05, 3.63) is 23.7 Å². The molecule has 2 nitrogen and oxygen atoms in total. The molecule has 0 aromatic carbocycles. The fraction of sp³-hybridized carbons (Fsp3) is 0.556. The van der Waals surface area contributed by atoms with Crippen LogP contribution in [0.1, 0.15) is 27.7 Å². The van der Waals surface area contributed by atoms with E-state index in [2.05, 4.69) is 0 Å². The summed E-state index contributed by atoms with van der Waals surface area (Å²) < 4.78 is 10.9. The predicted molar refractivity (Wildman–Crippen MR) is 43.8 cm³/mol. The first-order valence-electron chi connectivity index (χ1n) is 3.80. The molecular formula is C9H14O2. The third-order valence-electron chi connectivity index (χ3n) is 1.48. The minimum Gasteiger partial charge on any atom is -0.449 e. The Morgan fingerprint density at radius 1 is 1.00 bits per heavy atom. The highest BCUT2D eigenvalue weighted by atomic mass is 16.7. The third-order valence-corrected chi connectivity index (χ3v) is 1.48. The Bertz CT molecular complexity index is 190. The van der Waals surface area contributed by atoms with Gasteiger partial charge in [-0.05, 0) is 26.0 Å². The van der Waals surface area contributed by atoms with E-state index in [1.165, 1.54) is 0 Å². The minimum atomic E-state index is -0.496. The van der Waals surface area contributed by atoms with Crippen LogP contribution in [0.4, 0.5) is 0 Å². The molecule has 11 heavy (non-hydrogen) atoms. The lowest BCUT2D eigenvalue weighted by atomic mass is 10.4. The molecule has 0 spiro atoms. The molecule has 2 heteroatoms. The maximum atomic E-state index is 5.47. The Balaban J connectivity index is 2.88. The Morgan fingerprint density at radius 2 is 1.36 bits per heavy atom. The molecule has 0 aliphatic carbocycles. The quantitative estimate of drug-likeness (QED) is 0.534. The third kappa shape index (κ3) is 1.56. The van der Waals surface area contributed by atoms with E-state index in [9.17, 15) is 0 Å². The summed E-state index contributed by atoms with van der Waals surface area (Å²) in [7, 11) is 0. The van der Waals surface area contributed by atoms with Crippen molar-refractivity contribution < 1.29 is 9.47 Å². The Kier molecular flexibility index (Phi) is 1.94. The van der Waals surface area contributed by atoms with Gasteiger partial charge in [0.15, 0.2) is 11.5 Å². The van der Waals surface area contributed by atoms with Gasteiger partial charge in [-0.2, -0.15) is 0 Å². The van der Waals surface area contributed by atoms with Crippen molar-refractivity contribution in [3.8, 4) is 0 Å². The molecule has 1 heterocycles. The second-order valence-electron chi connectivity index (χ2n) is 2.91. The van der Waals surface area contributed by atoms with Gasteiger partial charge in [-0.1, -0.05) is 0 Å². The van der Waals surface area contributed by atoms with E-state index < -0.39 is 5.79 Å². The molecule has 0 bridgehead atoms. The standard InChI is InChI=1S/C9H14O2/c1-5-7-8(6-2)11-9(3,4)10-7/h5-6H,1-4H3/b7-5-,8-6-. The van der Waals surface area contributed by atoms with Gasteiger partial charge in [0.25, 0.3) is 0 Å². The normalized spacial score (nSPS) is 28.7. The van der Waals surface area contributed by atoms with Crippen LogP contribution in [0.3, 0.4) is 0 Å². The number of hydrogen-bond acceptors (Lipinski definition) is 2. The van der Waals surface area contributed by atoms with E-state index in [4.69, 9.17) is 9.47 Å². The lowest BCUT2D eigenvalue weighted by Gasteiger charge is -2.15. The Hall–Kier alpha value is -0.920. The lowest BCUT2D eigenvalue weighted by Crippen LogP contribution is -2.18. The zero-order chi connectivity index (χ0) is 8.48. The molecule has 1 fully saturated rings. The highest BCUT2D eigenvalue weighted by molar-refractivity contribution is 5.22. The molecule has 1 saturated heterocycles. The predicted octanol–water partition coefficient (Wildman–Crippen LogP) is 2.58. The van der Waals surface area contributed by atoms with Crippen molar-refractivity contribution in [3.63, 3.8) is 0 Å². The summed E-state index contributed by atoms with van der Waals surface area (Å²) >= 11 is 0. The summed E-state index contributed by atoms with van der Waals surface area (Å²) in [6.45, 7) is 7.66. The molecule has 0 aromatic rings. The first-order valence-corrected chi connectivity index (χ1v) is 3.80. The summed E-state index contributed by atoms with van der Waals surface area (Å²) in [6, 6.07) is 0. The first kappa shape index (κ1) is 8.18. The maximum absolute atomic E-state index is 5.47. The van der Waals surface area contributed by atoms with Crippen LogP contribution in [0.15, 0.2) is 23.7 Å². The number of allylic oxidation sites excluding steroid dienone is 2. The average Bonchev–Trinajstić information content (AvgIpc) is 2.25. The average molecular weight is 154 g/mol. The fourth-order valence-electron chi connectivity index (χ4n) is 1.05. The molecule has 1 aliphatic heterocycles. The van der Waals surface area contributed by atoms with Crippen molar-refractivity contribution in [2.75, 3.05) is 0 Å². The second-order valence-corrected chi connectivity index (χ2v) is 2.91. The molecule has 1 rings (SSSR count). The summed E-state index contributed by atoms with van der Waals surface area (Å²) in [5.41, 5.74) is 0. The molecule has 1 aliphatic rings. The largest absolute Gasteiger partial charge is 0.449 e. The van der Waals surface area contributed by atoms with Crippen molar-refractivity contribution >= 4 is 0 Å². The number of rotatable bonds is 0. The van der Waals surface area contributed by atoms with Crippen molar-refractivity contribution in [2.24, 2.45) is 0 Å². The molecular weight excluding hydrogens is 140 g/mol. The van der Waals surface area contributed by atoms with Gasteiger partial charge in [0.1, 0.15) is 0 Å². The van der Waals surface area contributed by atoms with Crippen molar-refractivity contribution in [1.29, 1.82) is 0 Å². The minimum absolute atomic E-state index is 0.496. The first-order chi connectivity index (χ1) is 5.09. The second kappa shape index (κ2) is 2.61. The van der Waals surface area contributed by atoms with Gasteiger partial charge in [-0.25, -0.2) is 0 Å². The smallest absolute Gasteiger partial charge is 0.246 e. The van der Waals surface area contributed by atoms with Crippen molar-refractivity contribution in [1.82, 2.24) is 0 Å². The Morgan fingerprint density at radius 3 is 1.64 bits per heavy atom. The molecule has 62 valence electrons. The SMILES string of the molecule is C/C=C1\OC(C)(C)O\C1=C/C. The molecule has 0 atom stereocenters. The van der Waals surface area contributed by atoms with Crippen molar-refractivity contribution in [2.45, 2.75) is 33.5 Å². The molecule has 0 N–H and O–H groups in total. The summed E-state index contributed by atoms with van der Waals surface area (Å²) in [5.74, 6) is 1.17. The molecule has 0 radical (unpaired) electrons. The summed E-state index contributed by atoms with van der Waals surface area (Å²) in [5, 5.41) is 0. The number of hydrogen-bond donors (Lipinski definition) is 0. The van der Waals surface area contributed by atoms with Gasteiger partial charge in [0, 0.05) is 13.8 Å². The van der Waals surface area contributed by atoms with Gasteiger partial charge >= 0.3 is 0 Å². The van der Waals surface area contributed by atoms with Crippen LogP contribution in [-0.4, -0.2) is 5.79 Å². The van der Waals surface area contributed by atoms with Crippen LogP contribution in [0.2, 0.25) is 0 Å². The van der Waals surface area contributed by atoms with Crippen LogP contribution in [0.5, 0.6) is 0 Å². The monoisotopic (exact) mass is 154 g/mol. The fourth-order valence-corrected chi connectivity index (χ4v) is 1.05. The van der Waals surface area contributed by atoms with E-state index in [0.717, 1.165) is 11.5 Å². The van der Waals surface area contributed by atoms with Crippen LogP contribution < -0.4 is 0 Å². The van der Waals surface area contributed by atoms with E-state index in [-0.39, 0.29) is 0 Å². The van der Waals surface area contributed by atoms with Crippen LogP contribution >= 0.6 is 0 Å². The molecule has 0 amide bonds. The molecule has 0 aromatic heterocycles. The van der Waals surface area contributed by atoms with Crippen LogP contribution in [-0.2, 0) is 9.47 Å². The van der Waals surface area contributed by atoms with E-state index in [1.807, 2.05) is 39.8 Å². The van der Waals surface area contributed by atoms with Gasteiger partial charge in [0.2, 0.25) is 5.79 Å². The lowest BCUT2D eigenvalue weighted by molar-refractivity contribution is -0.104. The van der Waals surface area contributed by atoms with E-state index in [1.54, 1.807) is 0 Å². The van der Waals surface area contributed by atoms with Gasteiger partial charge in [-0.3, -0.25) is 0 Å². The van der Waals surface area contributed by atoms with Gasteiger partial charge in [0.05, 0.1) is 0 Å². The zero-order valence-electron chi connectivity index (χ0n) is 7.47. The Labute approximate surface area is 67.5 Å². The highest BCUT2D eigenvalue weighted by Crippen LogP contribution is 2.33. The molecule has 0 unspecified atom stereocenters. The van der Waals surface area contributed by atoms with Gasteiger partial charge in [-0.15, -0.1) is 0 Å². The number of ether oxygens (including phenoxy) is 2. The summed E-state index contributed by atoms with van der Waals surface area (Å²) in [4.78, 5) is 0. The molecule has 0 saturated carbocycles. The topological polar surface area (TPSA) is 18.5 Å². The highest BCUT2D eigenvalue weighted by Gasteiger charge is 2.32. The van der Waals surface area contributed by atoms with E-state index >= 15 is 0 Å². The zero-order valence-corrected chi connectivity index (χ0v) is 7.47.